The standard InChI is InChI=1S/C9H18O2/c1-4-5-6-7-8-9(10-2)11-3/h6-7,9H,4-5,8H2,1-3H3/b7-6-. The SMILES string of the molecule is CCC/C=C\CC(OC)OC. The highest BCUT2D eigenvalue weighted by Gasteiger charge is 1.99. The molecule has 0 aliphatic rings. The molecule has 0 spiro atoms. The van der Waals surface area contributed by atoms with E-state index in [0.29, 0.717) is 0 Å². The van der Waals surface area contributed by atoms with Crippen LogP contribution < -0.4 is 0 Å². The molecule has 0 bridgehead atoms. The Morgan fingerprint density at radius 1 is 1.18 bits per heavy atom. The van der Waals surface area contributed by atoms with E-state index in [2.05, 4.69) is 19.1 Å². The fourth-order valence-corrected chi connectivity index (χ4v) is 0.781. The van der Waals surface area contributed by atoms with Gasteiger partial charge in [0.05, 0.1) is 0 Å². The summed E-state index contributed by atoms with van der Waals surface area (Å²) in [5.41, 5.74) is 0. The maximum atomic E-state index is 5.01. The normalized spacial score (nSPS) is 11.6. The summed E-state index contributed by atoms with van der Waals surface area (Å²) in [6.45, 7) is 2.16. The molecule has 0 unspecified atom stereocenters. The second-order valence-corrected chi connectivity index (χ2v) is 2.40. The molecule has 0 amide bonds. The van der Waals surface area contributed by atoms with Crippen LogP contribution >= 0.6 is 0 Å². The molecule has 0 radical (unpaired) electrons. The minimum Gasteiger partial charge on any atom is -0.356 e. The van der Waals surface area contributed by atoms with Gasteiger partial charge >= 0.3 is 0 Å². The average Bonchev–Trinajstić information content (AvgIpc) is 2.05. The Balaban J connectivity index is 3.33. The van der Waals surface area contributed by atoms with Crippen LogP contribution in [0.25, 0.3) is 0 Å². The van der Waals surface area contributed by atoms with Gasteiger partial charge in [-0.05, 0) is 6.42 Å². The first-order valence-corrected chi connectivity index (χ1v) is 4.05. The third-order valence-electron chi connectivity index (χ3n) is 1.48. The Morgan fingerprint density at radius 3 is 2.27 bits per heavy atom. The molecule has 0 saturated carbocycles. The van der Waals surface area contributed by atoms with Crippen molar-refractivity contribution in [2.45, 2.75) is 32.5 Å². The molecule has 0 aliphatic heterocycles. The summed E-state index contributed by atoms with van der Waals surface area (Å²) in [5.74, 6) is 0. The van der Waals surface area contributed by atoms with Crippen molar-refractivity contribution >= 4 is 0 Å². The van der Waals surface area contributed by atoms with Crippen molar-refractivity contribution in [1.29, 1.82) is 0 Å². The second-order valence-electron chi connectivity index (χ2n) is 2.40. The van der Waals surface area contributed by atoms with Crippen LogP contribution in [0.1, 0.15) is 26.2 Å². The molecule has 0 heterocycles. The van der Waals surface area contributed by atoms with Crippen LogP contribution in [0.4, 0.5) is 0 Å². The number of methoxy groups -OCH3 is 2. The maximum absolute atomic E-state index is 5.01. The molecule has 0 aromatic heterocycles. The van der Waals surface area contributed by atoms with E-state index in [1.165, 1.54) is 6.42 Å². The first kappa shape index (κ1) is 10.7. The molecule has 11 heavy (non-hydrogen) atoms. The smallest absolute Gasteiger partial charge is 0.160 e. The summed E-state index contributed by atoms with van der Waals surface area (Å²) in [6.07, 6.45) is 7.35. The van der Waals surface area contributed by atoms with Crippen molar-refractivity contribution in [3.05, 3.63) is 12.2 Å². The quantitative estimate of drug-likeness (QED) is 0.436. The Labute approximate surface area is 69.2 Å². The largest absolute Gasteiger partial charge is 0.356 e. The molecule has 0 rings (SSSR count). The van der Waals surface area contributed by atoms with Gasteiger partial charge in [-0.2, -0.15) is 0 Å². The number of hydrogen-bond donors (Lipinski definition) is 0. The predicted molar refractivity (Wildman–Crippen MR) is 46.5 cm³/mol. The molecule has 0 atom stereocenters. The van der Waals surface area contributed by atoms with E-state index >= 15 is 0 Å². The summed E-state index contributed by atoms with van der Waals surface area (Å²) in [7, 11) is 3.31. The van der Waals surface area contributed by atoms with E-state index in [4.69, 9.17) is 9.47 Å². The van der Waals surface area contributed by atoms with Gasteiger partial charge in [-0.3, -0.25) is 0 Å². The summed E-state index contributed by atoms with van der Waals surface area (Å²) in [5, 5.41) is 0. The van der Waals surface area contributed by atoms with Crippen LogP contribution in [-0.4, -0.2) is 20.5 Å². The molecule has 2 nitrogen and oxygen atoms in total. The van der Waals surface area contributed by atoms with Gasteiger partial charge < -0.3 is 9.47 Å². The van der Waals surface area contributed by atoms with Crippen molar-refractivity contribution in [1.82, 2.24) is 0 Å². The van der Waals surface area contributed by atoms with Gasteiger partial charge in [0.25, 0.3) is 0 Å². The van der Waals surface area contributed by atoms with Crippen LogP contribution in [-0.2, 0) is 9.47 Å². The third-order valence-corrected chi connectivity index (χ3v) is 1.48. The van der Waals surface area contributed by atoms with Crippen molar-refractivity contribution in [2.24, 2.45) is 0 Å². The van der Waals surface area contributed by atoms with Gasteiger partial charge in [0.1, 0.15) is 0 Å². The van der Waals surface area contributed by atoms with Crippen molar-refractivity contribution in [3.8, 4) is 0 Å². The minimum atomic E-state index is -0.0805. The second kappa shape index (κ2) is 7.76. The van der Waals surface area contributed by atoms with Gasteiger partial charge in [-0.1, -0.05) is 25.5 Å². The van der Waals surface area contributed by atoms with Gasteiger partial charge in [0.2, 0.25) is 0 Å². The summed E-state index contributed by atoms with van der Waals surface area (Å²) in [6, 6.07) is 0. The van der Waals surface area contributed by atoms with Crippen LogP contribution in [0, 0.1) is 0 Å². The fourth-order valence-electron chi connectivity index (χ4n) is 0.781. The summed E-state index contributed by atoms with van der Waals surface area (Å²) < 4.78 is 10.0. The van der Waals surface area contributed by atoms with Crippen molar-refractivity contribution in [3.63, 3.8) is 0 Å². The molecule has 0 N–H and O–H groups in total. The Kier molecular flexibility index (Phi) is 7.52. The number of allylic oxidation sites excluding steroid dienone is 1. The first-order chi connectivity index (χ1) is 5.35. The molecule has 0 aromatic rings. The summed E-state index contributed by atoms with van der Waals surface area (Å²) >= 11 is 0. The van der Waals surface area contributed by atoms with Crippen LogP contribution in [0.3, 0.4) is 0 Å². The lowest BCUT2D eigenvalue weighted by molar-refractivity contribution is -0.0986. The van der Waals surface area contributed by atoms with Crippen molar-refractivity contribution < 1.29 is 9.47 Å². The lowest BCUT2D eigenvalue weighted by Crippen LogP contribution is -2.10. The predicted octanol–water partition coefficient (Wildman–Crippen LogP) is 2.35. The Bertz CT molecular complexity index is 95.7. The van der Waals surface area contributed by atoms with Crippen LogP contribution in [0.5, 0.6) is 0 Å². The zero-order valence-electron chi connectivity index (χ0n) is 7.67. The van der Waals surface area contributed by atoms with E-state index in [-0.39, 0.29) is 6.29 Å². The van der Waals surface area contributed by atoms with E-state index in [9.17, 15) is 0 Å². The molecule has 66 valence electrons. The van der Waals surface area contributed by atoms with Crippen molar-refractivity contribution in [2.75, 3.05) is 14.2 Å². The Hall–Kier alpha value is -0.340. The molecule has 0 aliphatic carbocycles. The lowest BCUT2D eigenvalue weighted by Gasteiger charge is -2.09. The molecule has 0 aromatic carbocycles. The topological polar surface area (TPSA) is 18.5 Å². The number of rotatable bonds is 6. The van der Waals surface area contributed by atoms with E-state index in [1.807, 2.05) is 0 Å². The Morgan fingerprint density at radius 2 is 1.82 bits per heavy atom. The van der Waals surface area contributed by atoms with Gasteiger partial charge in [0, 0.05) is 20.6 Å². The van der Waals surface area contributed by atoms with E-state index in [1.54, 1.807) is 14.2 Å². The van der Waals surface area contributed by atoms with Crippen LogP contribution in [0.15, 0.2) is 12.2 Å². The van der Waals surface area contributed by atoms with E-state index < -0.39 is 0 Å². The maximum Gasteiger partial charge on any atom is 0.160 e. The van der Waals surface area contributed by atoms with Gasteiger partial charge in [-0.15, -0.1) is 0 Å². The zero-order valence-corrected chi connectivity index (χ0v) is 7.67. The monoisotopic (exact) mass is 158 g/mol. The highest BCUT2D eigenvalue weighted by atomic mass is 16.7. The molecule has 0 fully saturated rings. The summed E-state index contributed by atoms with van der Waals surface area (Å²) in [4.78, 5) is 0. The minimum absolute atomic E-state index is 0.0805. The fraction of sp³-hybridized carbons (Fsp3) is 0.778. The number of unbranched alkanes of at least 4 members (excludes halogenated alkanes) is 1. The molecular weight excluding hydrogens is 140 g/mol. The molecular formula is C9H18O2. The average molecular weight is 158 g/mol. The lowest BCUT2D eigenvalue weighted by atomic mass is 10.3. The van der Waals surface area contributed by atoms with E-state index in [0.717, 1.165) is 12.8 Å². The number of hydrogen-bond acceptors (Lipinski definition) is 2. The highest BCUT2D eigenvalue weighted by molar-refractivity contribution is 4.81. The zero-order chi connectivity index (χ0) is 8.53. The highest BCUT2D eigenvalue weighted by Crippen LogP contribution is 1.99. The number of ether oxygens (including phenoxy) is 2. The molecule has 0 saturated heterocycles. The first-order valence-electron chi connectivity index (χ1n) is 4.05. The van der Waals surface area contributed by atoms with Gasteiger partial charge in [-0.25, -0.2) is 0 Å². The molecule has 2 heteroatoms. The third kappa shape index (κ3) is 6.07. The van der Waals surface area contributed by atoms with Gasteiger partial charge in [0.15, 0.2) is 6.29 Å². The van der Waals surface area contributed by atoms with Crippen LogP contribution in [0.2, 0.25) is 0 Å².